The molecule has 1 saturated heterocycles. The second-order valence-corrected chi connectivity index (χ2v) is 8.47. The minimum Gasteiger partial charge on any atom is -0.480 e. The van der Waals surface area contributed by atoms with Crippen molar-refractivity contribution in [2.24, 2.45) is 0 Å². The number of ether oxygens (including phenoxy) is 1. The zero-order valence-electron chi connectivity index (χ0n) is 16.9. The first-order chi connectivity index (χ1) is 14.6. The summed E-state index contributed by atoms with van der Waals surface area (Å²) >= 11 is 0. The fraction of sp³-hybridized carbons (Fsp3) is 0.417. The summed E-state index contributed by atoms with van der Waals surface area (Å²) in [6.45, 7) is 2.48. The Bertz CT molecular complexity index is 931. The molecule has 6 heteroatoms. The third-order valence-corrected chi connectivity index (χ3v) is 7.06. The van der Waals surface area contributed by atoms with E-state index >= 15 is 0 Å². The molecular formula is C24H26N2O4. The van der Waals surface area contributed by atoms with E-state index in [1.165, 1.54) is 22.3 Å². The van der Waals surface area contributed by atoms with Crippen LogP contribution in [0, 0.1) is 0 Å². The van der Waals surface area contributed by atoms with Crippen molar-refractivity contribution >= 4 is 12.1 Å². The Labute approximate surface area is 176 Å². The van der Waals surface area contributed by atoms with E-state index in [9.17, 15) is 14.7 Å². The molecule has 156 valence electrons. The first-order valence-electron chi connectivity index (χ1n) is 10.7. The number of aliphatic carboxylic acids is 1. The molecule has 2 aromatic carbocycles. The van der Waals surface area contributed by atoms with E-state index in [4.69, 9.17) is 4.74 Å². The van der Waals surface area contributed by atoms with E-state index in [0.717, 1.165) is 6.42 Å². The Kier molecular flexibility index (Phi) is 4.74. The Hall–Kier alpha value is -2.86. The number of carboxylic acid groups (broad SMARTS) is 1. The molecule has 2 fully saturated rings. The molecule has 1 heterocycles. The number of piperazine rings is 1. The van der Waals surface area contributed by atoms with Crippen molar-refractivity contribution in [1.82, 2.24) is 9.80 Å². The molecule has 1 saturated carbocycles. The van der Waals surface area contributed by atoms with Gasteiger partial charge in [-0.3, -0.25) is 9.69 Å². The molecule has 1 N–H and O–H groups in total. The van der Waals surface area contributed by atoms with Crippen LogP contribution in [0.3, 0.4) is 0 Å². The summed E-state index contributed by atoms with van der Waals surface area (Å²) in [5.74, 6) is -0.684. The summed E-state index contributed by atoms with van der Waals surface area (Å²) in [5, 5.41) is 9.63. The Morgan fingerprint density at radius 3 is 2.00 bits per heavy atom. The van der Waals surface area contributed by atoms with E-state index in [1.54, 1.807) is 4.90 Å². The van der Waals surface area contributed by atoms with Gasteiger partial charge in [-0.15, -0.1) is 0 Å². The van der Waals surface area contributed by atoms with Crippen LogP contribution in [0.1, 0.15) is 36.3 Å². The number of rotatable bonds is 4. The highest BCUT2D eigenvalue weighted by Crippen LogP contribution is 2.44. The number of carbonyl (C=O) groups excluding carboxylic acids is 1. The zero-order valence-corrected chi connectivity index (χ0v) is 16.9. The third kappa shape index (κ3) is 2.98. The van der Waals surface area contributed by atoms with Crippen LogP contribution in [0.5, 0.6) is 0 Å². The largest absolute Gasteiger partial charge is 0.480 e. The van der Waals surface area contributed by atoms with Gasteiger partial charge in [-0.25, -0.2) is 4.79 Å². The van der Waals surface area contributed by atoms with Crippen LogP contribution in [-0.4, -0.2) is 65.3 Å². The van der Waals surface area contributed by atoms with Crippen LogP contribution >= 0.6 is 0 Å². The Morgan fingerprint density at radius 2 is 1.50 bits per heavy atom. The third-order valence-electron chi connectivity index (χ3n) is 7.06. The predicted molar refractivity (Wildman–Crippen MR) is 112 cm³/mol. The van der Waals surface area contributed by atoms with Crippen LogP contribution in [0.25, 0.3) is 11.1 Å². The topological polar surface area (TPSA) is 70.1 Å². The van der Waals surface area contributed by atoms with Crippen molar-refractivity contribution in [3.05, 3.63) is 59.7 Å². The first kappa shape index (κ1) is 19.1. The molecule has 2 aromatic rings. The maximum atomic E-state index is 12.7. The minimum atomic E-state index is -0.733. The summed E-state index contributed by atoms with van der Waals surface area (Å²) in [5.41, 5.74) is 4.10. The molecular weight excluding hydrogens is 380 g/mol. The standard InChI is InChI=1S/C24H26N2O4/c27-22(28)24(10-5-11-24)26-14-12-25(13-15-26)23(29)30-16-21-19-8-3-1-6-17(19)18-7-2-4-9-20(18)21/h1-4,6-9,21H,5,10-16H2,(H,27,28). The monoisotopic (exact) mass is 406 g/mol. The SMILES string of the molecule is O=C(OCC1c2ccccc2-c2ccccc21)N1CCN(C2(C(=O)O)CCC2)CC1. The van der Waals surface area contributed by atoms with Gasteiger partial charge in [0.1, 0.15) is 12.1 Å². The van der Waals surface area contributed by atoms with E-state index in [2.05, 4.69) is 24.3 Å². The lowest BCUT2D eigenvalue weighted by atomic mass is 9.75. The van der Waals surface area contributed by atoms with Crippen LogP contribution in [0.15, 0.2) is 48.5 Å². The van der Waals surface area contributed by atoms with E-state index in [-0.39, 0.29) is 12.0 Å². The number of fused-ring (bicyclic) bond motifs is 3. The minimum absolute atomic E-state index is 0.0490. The normalized spacial score (nSPS) is 20.2. The van der Waals surface area contributed by atoms with Gasteiger partial charge in [-0.1, -0.05) is 48.5 Å². The van der Waals surface area contributed by atoms with Gasteiger partial charge in [0.25, 0.3) is 0 Å². The van der Waals surface area contributed by atoms with Gasteiger partial charge in [-0.2, -0.15) is 0 Å². The molecule has 3 aliphatic rings. The van der Waals surface area contributed by atoms with Crippen molar-refractivity contribution in [1.29, 1.82) is 0 Å². The number of carbonyl (C=O) groups is 2. The molecule has 1 amide bonds. The van der Waals surface area contributed by atoms with E-state index in [1.807, 2.05) is 29.2 Å². The number of hydrogen-bond acceptors (Lipinski definition) is 4. The van der Waals surface area contributed by atoms with Gasteiger partial charge in [0.05, 0.1) is 0 Å². The molecule has 0 radical (unpaired) electrons. The zero-order chi connectivity index (χ0) is 20.7. The van der Waals surface area contributed by atoms with Crippen LogP contribution in [0.4, 0.5) is 4.79 Å². The van der Waals surface area contributed by atoms with Crippen molar-refractivity contribution < 1.29 is 19.4 Å². The van der Waals surface area contributed by atoms with Crippen molar-refractivity contribution in [3.8, 4) is 11.1 Å². The number of hydrogen-bond donors (Lipinski definition) is 1. The second kappa shape index (κ2) is 7.43. The maximum absolute atomic E-state index is 12.7. The average molecular weight is 406 g/mol. The molecule has 30 heavy (non-hydrogen) atoms. The highest BCUT2D eigenvalue weighted by Gasteiger charge is 2.50. The molecule has 6 nitrogen and oxygen atoms in total. The lowest BCUT2D eigenvalue weighted by molar-refractivity contribution is -0.160. The van der Waals surface area contributed by atoms with Gasteiger partial charge in [0, 0.05) is 32.1 Å². The highest BCUT2D eigenvalue weighted by atomic mass is 16.6. The molecule has 0 spiro atoms. The maximum Gasteiger partial charge on any atom is 0.409 e. The van der Waals surface area contributed by atoms with Crippen LogP contribution < -0.4 is 0 Å². The summed E-state index contributed by atoms with van der Waals surface area (Å²) in [7, 11) is 0. The number of carboxylic acids is 1. The van der Waals surface area contributed by atoms with Gasteiger partial charge in [0.2, 0.25) is 0 Å². The quantitative estimate of drug-likeness (QED) is 0.841. The van der Waals surface area contributed by atoms with E-state index < -0.39 is 11.5 Å². The second-order valence-electron chi connectivity index (χ2n) is 8.47. The van der Waals surface area contributed by atoms with Crippen molar-refractivity contribution in [2.75, 3.05) is 32.8 Å². The number of amides is 1. The number of nitrogens with zero attached hydrogens (tertiary/aromatic N) is 2. The fourth-order valence-electron chi connectivity index (χ4n) is 5.18. The molecule has 0 bridgehead atoms. The van der Waals surface area contributed by atoms with Crippen molar-refractivity contribution in [2.45, 2.75) is 30.7 Å². The van der Waals surface area contributed by atoms with Gasteiger partial charge in [-0.05, 0) is 41.5 Å². The van der Waals surface area contributed by atoms with Crippen molar-refractivity contribution in [3.63, 3.8) is 0 Å². The van der Waals surface area contributed by atoms with Gasteiger partial charge in [0.15, 0.2) is 0 Å². The lowest BCUT2D eigenvalue weighted by Gasteiger charge is -2.49. The molecule has 2 aliphatic carbocycles. The molecule has 1 aliphatic heterocycles. The van der Waals surface area contributed by atoms with E-state index in [0.29, 0.717) is 45.6 Å². The molecule has 0 unspecified atom stereocenters. The summed E-state index contributed by atoms with van der Waals surface area (Å²) in [6.07, 6.45) is 2.05. The average Bonchev–Trinajstić information content (AvgIpc) is 3.05. The van der Waals surface area contributed by atoms with Crippen LogP contribution in [0.2, 0.25) is 0 Å². The summed E-state index contributed by atoms with van der Waals surface area (Å²) in [4.78, 5) is 28.2. The first-order valence-corrected chi connectivity index (χ1v) is 10.7. The fourth-order valence-corrected chi connectivity index (χ4v) is 5.18. The molecule has 0 aromatic heterocycles. The number of benzene rings is 2. The van der Waals surface area contributed by atoms with Crippen LogP contribution in [-0.2, 0) is 9.53 Å². The van der Waals surface area contributed by atoms with Gasteiger partial charge >= 0.3 is 12.1 Å². The summed E-state index contributed by atoms with van der Waals surface area (Å²) < 4.78 is 5.74. The van der Waals surface area contributed by atoms with Gasteiger partial charge < -0.3 is 14.7 Å². The smallest absolute Gasteiger partial charge is 0.409 e. The molecule has 0 atom stereocenters. The summed E-state index contributed by atoms with van der Waals surface area (Å²) in [6, 6.07) is 16.6. The Balaban J connectivity index is 1.22. The Morgan fingerprint density at radius 1 is 0.933 bits per heavy atom. The highest BCUT2D eigenvalue weighted by molar-refractivity contribution is 5.80. The molecule has 5 rings (SSSR count). The lowest BCUT2D eigenvalue weighted by Crippen LogP contribution is -2.64. The predicted octanol–water partition coefficient (Wildman–Crippen LogP) is 3.56.